The minimum Gasteiger partial charge on any atom is -0.463 e. The van der Waals surface area contributed by atoms with Gasteiger partial charge in [-0.15, -0.1) is 0 Å². The third kappa shape index (κ3) is 5.97. The van der Waals surface area contributed by atoms with Crippen LogP contribution in [0.2, 0.25) is 0 Å². The molecule has 36 heavy (non-hydrogen) atoms. The van der Waals surface area contributed by atoms with Crippen LogP contribution in [0.5, 0.6) is 0 Å². The van der Waals surface area contributed by atoms with Gasteiger partial charge in [-0.1, -0.05) is 12.2 Å². The van der Waals surface area contributed by atoms with Gasteiger partial charge in [-0.05, 0) is 12.5 Å². The molecule has 2 N–H and O–H groups in total. The van der Waals surface area contributed by atoms with Gasteiger partial charge in [-0.2, -0.15) is 10.5 Å². The second-order valence-corrected chi connectivity index (χ2v) is 8.14. The van der Waals surface area contributed by atoms with Gasteiger partial charge >= 0.3 is 23.9 Å². The van der Waals surface area contributed by atoms with E-state index in [9.17, 15) is 29.7 Å². The molecule has 1 aromatic rings. The molecular formula is C22H24N4O9S. The standard InChI is InChI=1S/C22H24N4O9S/c1-9-14(6-23)20(25)26(22(36)15(9)7-24)21-19(34-13(5)30)18(33-12(4)29)17(32-11(3)28)16(35-21)8-31-10(2)27/h16-19,21H,8,25H2,1-5H3/t16-,17+,18+,19+,21+/m0/s1. The molecule has 13 nitrogen and oxygen atoms in total. The third-order valence-corrected chi connectivity index (χ3v) is 5.54. The highest BCUT2D eigenvalue weighted by molar-refractivity contribution is 7.71. The molecular weight excluding hydrogens is 496 g/mol. The largest absolute Gasteiger partial charge is 0.463 e. The lowest BCUT2D eigenvalue weighted by Crippen LogP contribution is -2.60. The molecule has 0 radical (unpaired) electrons. The van der Waals surface area contributed by atoms with Gasteiger partial charge in [0.25, 0.3) is 0 Å². The number of nitrogens with zero attached hydrogens (tertiary/aromatic N) is 3. The summed E-state index contributed by atoms with van der Waals surface area (Å²) in [7, 11) is 0. The summed E-state index contributed by atoms with van der Waals surface area (Å²) in [5.74, 6) is -3.35. The monoisotopic (exact) mass is 520 g/mol. The van der Waals surface area contributed by atoms with E-state index in [0.29, 0.717) is 0 Å². The van der Waals surface area contributed by atoms with Crippen molar-refractivity contribution in [2.75, 3.05) is 12.3 Å². The fourth-order valence-corrected chi connectivity index (χ4v) is 4.17. The number of nitrogens with two attached hydrogens (primary N) is 1. The number of ether oxygens (including phenoxy) is 5. The van der Waals surface area contributed by atoms with Crippen molar-refractivity contribution in [3.63, 3.8) is 0 Å². The molecule has 1 aliphatic heterocycles. The predicted octanol–water partition coefficient (Wildman–Crippen LogP) is 1.11. The number of nitriles is 2. The lowest BCUT2D eigenvalue weighted by molar-refractivity contribution is -0.268. The van der Waals surface area contributed by atoms with Crippen LogP contribution in [0.1, 0.15) is 50.6 Å². The van der Waals surface area contributed by atoms with Crippen LogP contribution in [0.15, 0.2) is 0 Å². The smallest absolute Gasteiger partial charge is 0.303 e. The SMILES string of the molecule is CC(=O)OC[C@@H]1O[C@@H](n2c(N)c(C#N)c(C)c(C#N)c2=S)[C@H](OC(C)=O)[C@H](OC(C)=O)[C@@H]1OC(C)=O. The van der Waals surface area contributed by atoms with Gasteiger partial charge < -0.3 is 29.4 Å². The molecule has 0 amide bonds. The first kappa shape index (κ1) is 28.2. The van der Waals surface area contributed by atoms with E-state index in [0.717, 1.165) is 32.3 Å². The van der Waals surface area contributed by atoms with Crippen molar-refractivity contribution in [3.05, 3.63) is 21.3 Å². The number of nitrogen functional groups attached to an aromatic ring is 1. The molecule has 14 heteroatoms. The lowest BCUT2D eigenvalue weighted by Gasteiger charge is -2.45. The number of esters is 4. The molecule has 0 saturated carbocycles. The molecule has 0 aliphatic carbocycles. The first-order chi connectivity index (χ1) is 16.8. The molecule has 1 saturated heterocycles. The summed E-state index contributed by atoms with van der Waals surface area (Å²) in [6, 6.07) is 3.81. The maximum absolute atomic E-state index is 12.0. The van der Waals surface area contributed by atoms with Gasteiger partial charge in [-0.25, -0.2) is 0 Å². The Morgan fingerprint density at radius 1 is 0.917 bits per heavy atom. The van der Waals surface area contributed by atoms with Crippen LogP contribution in [0.3, 0.4) is 0 Å². The second kappa shape index (κ2) is 11.6. The molecule has 0 bridgehead atoms. The summed E-state index contributed by atoms with van der Waals surface area (Å²) in [5.41, 5.74) is 6.31. The van der Waals surface area contributed by atoms with Crippen molar-refractivity contribution in [3.8, 4) is 12.1 Å². The maximum Gasteiger partial charge on any atom is 0.303 e. The quantitative estimate of drug-likeness (QED) is 0.319. The highest BCUT2D eigenvalue weighted by Crippen LogP contribution is 2.37. The van der Waals surface area contributed by atoms with Crippen molar-refractivity contribution in [1.82, 2.24) is 4.57 Å². The molecule has 2 rings (SSSR count). The molecule has 0 unspecified atom stereocenters. The number of carbonyl (C=O) groups is 4. The van der Waals surface area contributed by atoms with Crippen molar-refractivity contribution in [2.45, 2.75) is 65.3 Å². The number of hydrogen-bond acceptors (Lipinski definition) is 13. The summed E-state index contributed by atoms with van der Waals surface area (Å²) in [5, 5.41) is 19.3. The van der Waals surface area contributed by atoms with Crippen LogP contribution in [0.25, 0.3) is 0 Å². The van der Waals surface area contributed by atoms with Crippen LogP contribution < -0.4 is 5.73 Å². The summed E-state index contributed by atoms with van der Waals surface area (Å²) in [6.07, 6.45) is -7.14. The molecule has 1 aliphatic rings. The van der Waals surface area contributed by atoms with Crippen LogP contribution in [-0.4, -0.2) is 59.5 Å². The molecule has 0 spiro atoms. The van der Waals surface area contributed by atoms with Crippen molar-refractivity contribution in [2.24, 2.45) is 0 Å². The number of anilines is 1. The Kier molecular flexibility index (Phi) is 9.11. The summed E-state index contributed by atoms with van der Waals surface area (Å²) in [6.45, 7) is 5.40. The second-order valence-electron chi connectivity index (χ2n) is 7.75. The minimum atomic E-state index is -1.51. The normalized spacial score (nSPS) is 22.9. The van der Waals surface area contributed by atoms with Gasteiger partial charge in [0.15, 0.2) is 24.5 Å². The molecule has 0 aromatic carbocycles. The zero-order valence-corrected chi connectivity index (χ0v) is 20.9. The minimum absolute atomic E-state index is 0.0661. The zero-order valence-electron chi connectivity index (χ0n) is 20.1. The Labute approximate surface area is 211 Å². The van der Waals surface area contributed by atoms with E-state index in [1.165, 1.54) is 6.92 Å². The van der Waals surface area contributed by atoms with Gasteiger partial charge in [0.05, 0.1) is 11.1 Å². The summed E-state index contributed by atoms with van der Waals surface area (Å²) >= 11 is 5.44. The first-order valence-corrected chi connectivity index (χ1v) is 10.9. The summed E-state index contributed by atoms with van der Waals surface area (Å²) in [4.78, 5) is 47.4. The molecule has 2 heterocycles. The van der Waals surface area contributed by atoms with Crippen molar-refractivity contribution >= 4 is 41.9 Å². The molecule has 1 aromatic heterocycles. The predicted molar refractivity (Wildman–Crippen MR) is 121 cm³/mol. The van der Waals surface area contributed by atoms with Gasteiger partial charge in [0.2, 0.25) is 0 Å². The Morgan fingerprint density at radius 3 is 1.89 bits per heavy atom. The van der Waals surface area contributed by atoms with Gasteiger partial charge in [-0.3, -0.25) is 23.7 Å². The summed E-state index contributed by atoms with van der Waals surface area (Å²) < 4.78 is 28.1. The van der Waals surface area contributed by atoms with Crippen LogP contribution >= 0.6 is 12.2 Å². The number of aromatic nitrogens is 1. The Morgan fingerprint density at radius 2 is 1.42 bits per heavy atom. The number of carbonyl (C=O) groups excluding carboxylic acids is 4. The molecule has 5 atom stereocenters. The fraction of sp³-hybridized carbons (Fsp3) is 0.500. The number of hydrogen-bond donors (Lipinski definition) is 1. The zero-order chi connectivity index (χ0) is 27.3. The van der Waals surface area contributed by atoms with Crippen molar-refractivity contribution < 1.29 is 42.9 Å². The van der Waals surface area contributed by atoms with Crippen molar-refractivity contribution in [1.29, 1.82) is 10.5 Å². The van der Waals surface area contributed by atoms with E-state index in [2.05, 4.69) is 0 Å². The average molecular weight is 521 g/mol. The first-order valence-electron chi connectivity index (χ1n) is 10.5. The molecule has 1 fully saturated rings. The highest BCUT2D eigenvalue weighted by atomic mass is 32.1. The van der Waals surface area contributed by atoms with E-state index in [1.54, 1.807) is 0 Å². The Hall–Kier alpha value is -4.01. The fourth-order valence-electron chi connectivity index (χ4n) is 3.77. The number of pyridine rings is 1. The third-order valence-electron chi connectivity index (χ3n) is 5.14. The maximum atomic E-state index is 12.0. The Bertz CT molecular complexity index is 1230. The Balaban J connectivity index is 2.86. The topological polar surface area (TPSA) is 193 Å². The van der Waals surface area contributed by atoms with Crippen LogP contribution in [0.4, 0.5) is 5.82 Å². The lowest BCUT2D eigenvalue weighted by atomic mass is 9.96. The highest BCUT2D eigenvalue weighted by Gasteiger charge is 2.53. The number of rotatable bonds is 6. The van der Waals surface area contributed by atoms with Crippen LogP contribution in [0, 0.1) is 34.2 Å². The van der Waals surface area contributed by atoms with Crippen LogP contribution in [-0.2, 0) is 42.9 Å². The van der Waals surface area contributed by atoms with E-state index in [4.69, 9.17) is 41.6 Å². The average Bonchev–Trinajstić information content (AvgIpc) is 2.75. The van der Waals surface area contributed by atoms with Gasteiger partial charge in [0.1, 0.15) is 35.3 Å². The molecule has 192 valence electrons. The van der Waals surface area contributed by atoms with E-state index in [-0.39, 0.29) is 27.1 Å². The van der Waals surface area contributed by atoms with Gasteiger partial charge in [0, 0.05) is 27.7 Å². The van der Waals surface area contributed by atoms with E-state index < -0.39 is 61.1 Å². The van der Waals surface area contributed by atoms with E-state index in [1.807, 2.05) is 12.1 Å². The van der Waals surface area contributed by atoms with E-state index >= 15 is 0 Å².